The number of hydrogen-bond acceptors (Lipinski definition) is 4. The predicted octanol–water partition coefficient (Wildman–Crippen LogP) is 3.75. The Morgan fingerprint density at radius 3 is 2.69 bits per heavy atom. The van der Waals surface area contributed by atoms with Crippen molar-refractivity contribution in [3.63, 3.8) is 0 Å². The Labute approximate surface area is 160 Å². The van der Waals surface area contributed by atoms with Gasteiger partial charge in [0.15, 0.2) is 0 Å². The highest BCUT2D eigenvalue weighted by molar-refractivity contribution is 6.30. The molecule has 1 N–H and O–H groups in total. The Morgan fingerprint density at radius 2 is 2.08 bits per heavy atom. The second-order valence-corrected chi connectivity index (χ2v) is 8.44. The number of nitrogens with zero attached hydrogens (tertiary/aromatic N) is 3. The van der Waals surface area contributed by atoms with Gasteiger partial charge in [0.25, 0.3) is 0 Å². The third kappa shape index (κ3) is 3.95. The van der Waals surface area contributed by atoms with Crippen LogP contribution in [0.1, 0.15) is 39.2 Å². The first kappa shape index (κ1) is 19.3. The Balaban J connectivity index is 1.86. The zero-order chi connectivity index (χ0) is 18.8. The minimum atomic E-state index is -0.921. The van der Waals surface area contributed by atoms with Gasteiger partial charge >= 0.3 is 0 Å². The zero-order valence-electron chi connectivity index (χ0n) is 15.7. The van der Waals surface area contributed by atoms with Crippen LogP contribution in [0.25, 0.3) is 0 Å². The highest BCUT2D eigenvalue weighted by atomic mass is 35.5. The lowest BCUT2D eigenvalue weighted by Crippen LogP contribution is -2.53. The molecule has 5 nitrogen and oxygen atoms in total. The van der Waals surface area contributed by atoms with Crippen molar-refractivity contribution in [3.8, 4) is 0 Å². The maximum absolute atomic E-state index is 11.9. The fourth-order valence-electron chi connectivity index (χ4n) is 4.05. The lowest BCUT2D eigenvalue weighted by Gasteiger charge is -2.43. The largest absolute Gasteiger partial charge is 0.387 e. The Morgan fingerprint density at radius 1 is 1.35 bits per heavy atom. The minimum Gasteiger partial charge on any atom is -0.387 e. The van der Waals surface area contributed by atoms with Gasteiger partial charge < -0.3 is 9.84 Å². The minimum absolute atomic E-state index is 0.119. The van der Waals surface area contributed by atoms with Crippen LogP contribution in [0.4, 0.5) is 0 Å². The second-order valence-electron chi connectivity index (χ2n) is 8.00. The Bertz CT molecular complexity index is 704. The van der Waals surface area contributed by atoms with E-state index in [2.05, 4.69) is 17.0 Å². The summed E-state index contributed by atoms with van der Waals surface area (Å²) < 4.78 is 7.66. The summed E-state index contributed by atoms with van der Waals surface area (Å²) in [6.07, 6.45) is 5.99. The van der Waals surface area contributed by atoms with Crippen LogP contribution < -0.4 is 0 Å². The van der Waals surface area contributed by atoms with Crippen molar-refractivity contribution in [2.24, 2.45) is 11.3 Å². The van der Waals surface area contributed by atoms with E-state index in [-0.39, 0.29) is 17.4 Å². The van der Waals surface area contributed by atoms with E-state index in [4.69, 9.17) is 16.3 Å². The first-order chi connectivity index (χ1) is 12.3. The monoisotopic (exact) mass is 377 g/mol. The lowest BCUT2D eigenvalue weighted by molar-refractivity contribution is -0.133. The molecule has 0 aliphatic heterocycles. The van der Waals surface area contributed by atoms with Crippen LogP contribution >= 0.6 is 11.6 Å². The van der Waals surface area contributed by atoms with Crippen LogP contribution in [0.2, 0.25) is 5.02 Å². The molecule has 1 fully saturated rings. The maximum atomic E-state index is 11.9. The molecule has 0 radical (unpaired) electrons. The van der Waals surface area contributed by atoms with Gasteiger partial charge in [0, 0.05) is 10.4 Å². The topological polar surface area (TPSA) is 60.2 Å². The number of benzene rings is 1. The highest BCUT2D eigenvalue weighted by Crippen LogP contribution is 2.52. The molecule has 6 heteroatoms. The van der Waals surface area contributed by atoms with Gasteiger partial charge in [-0.2, -0.15) is 5.10 Å². The number of aliphatic hydroxyl groups is 1. The van der Waals surface area contributed by atoms with Gasteiger partial charge in [-0.25, -0.2) is 4.98 Å². The SMILES string of the molecule is CC(C)OCC1(C)CCC(Cc2ccc(Cl)cc2)C1(O)Cn1cncn1. The third-order valence-corrected chi connectivity index (χ3v) is 6.02. The predicted molar refractivity (Wildman–Crippen MR) is 102 cm³/mol. The second kappa shape index (κ2) is 7.67. The molecule has 1 aromatic carbocycles. The molecule has 1 aliphatic carbocycles. The van der Waals surface area contributed by atoms with Gasteiger partial charge in [0.2, 0.25) is 0 Å². The fourth-order valence-corrected chi connectivity index (χ4v) is 4.17. The van der Waals surface area contributed by atoms with Crippen LogP contribution in [0.5, 0.6) is 0 Å². The van der Waals surface area contributed by atoms with E-state index in [0.29, 0.717) is 13.2 Å². The van der Waals surface area contributed by atoms with Crippen molar-refractivity contribution in [3.05, 3.63) is 47.5 Å². The molecule has 0 amide bonds. The van der Waals surface area contributed by atoms with Gasteiger partial charge in [-0.15, -0.1) is 0 Å². The lowest BCUT2D eigenvalue weighted by atomic mass is 9.71. The van der Waals surface area contributed by atoms with Crippen LogP contribution in [0, 0.1) is 11.3 Å². The molecule has 3 atom stereocenters. The van der Waals surface area contributed by atoms with Crippen LogP contribution in [0.3, 0.4) is 0 Å². The van der Waals surface area contributed by atoms with E-state index >= 15 is 0 Å². The van der Waals surface area contributed by atoms with E-state index in [0.717, 1.165) is 24.3 Å². The number of rotatable bonds is 7. The van der Waals surface area contributed by atoms with Crippen molar-refractivity contribution in [2.45, 2.75) is 58.3 Å². The van der Waals surface area contributed by atoms with Crippen molar-refractivity contribution in [2.75, 3.05) is 6.61 Å². The van der Waals surface area contributed by atoms with E-state index in [1.165, 1.54) is 11.9 Å². The summed E-state index contributed by atoms with van der Waals surface area (Å²) in [7, 11) is 0. The molecule has 2 aromatic rings. The molecule has 0 spiro atoms. The molecular formula is C20H28ClN3O2. The summed E-state index contributed by atoms with van der Waals surface area (Å²) in [6.45, 7) is 7.14. The molecule has 0 bridgehead atoms. The molecule has 142 valence electrons. The molecule has 1 aliphatic rings. The van der Waals surface area contributed by atoms with Gasteiger partial charge in [0.05, 0.1) is 24.9 Å². The molecule has 1 saturated carbocycles. The summed E-state index contributed by atoms with van der Waals surface area (Å²) in [5, 5.41) is 16.8. The summed E-state index contributed by atoms with van der Waals surface area (Å²) in [4.78, 5) is 4.03. The van der Waals surface area contributed by atoms with Gasteiger partial charge in [-0.3, -0.25) is 4.68 Å². The third-order valence-electron chi connectivity index (χ3n) is 5.77. The van der Waals surface area contributed by atoms with Gasteiger partial charge in [0.1, 0.15) is 12.7 Å². The molecule has 3 unspecified atom stereocenters. The van der Waals surface area contributed by atoms with Crippen molar-refractivity contribution in [1.82, 2.24) is 14.8 Å². The standard InChI is InChI=1S/C20H28ClN3O2/c1-15(2)26-12-19(3)9-8-17(10-16-4-6-18(21)7-5-16)20(19,25)11-24-14-22-13-23-24/h4-7,13-15,17,25H,8-12H2,1-3H3. The van der Waals surface area contributed by atoms with Crippen LogP contribution in [0.15, 0.2) is 36.9 Å². The van der Waals surface area contributed by atoms with E-state index in [1.54, 1.807) is 11.0 Å². The quantitative estimate of drug-likeness (QED) is 0.798. The van der Waals surface area contributed by atoms with Crippen molar-refractivity contribution < 1.29 is 9.84 Å². The molecule has 1 aromatic heterocycles. The van der Waals surface area contributed by atoms with Crippen LogP contribution in [-0.2, 0) is 17.7 Å². The summed E-state index contributed by atoms with van der Waals surface area (Å²) >= 11 is 6.01. The Hall–Kier alpha value is -1.43. The number of aromatic nitrogens is 3. The first-order valence-electron chi connectivity index (χ1n) is 9.23. The summed E-state index contributed by atoms with van der Waals surface area (Å²) in [5.41, 5.74) is -0.0688. The first-order valence-corrected chi connectivity index (χ1v) is 9.61. The molecule has 3 rings (SSSR count). The van der Waals surface area contributed by atoms with E-state index in [9.17, 15) is 5.11 Å². The average Bonchev–Trinajstić information content (AvgIpc) is 3.18. The van der Waals surface area contributed by atoms with E-state index in [1.807, 2.05) is 38.1 Å². The average molecular weight is 378 g/mol. The number of ether oxygens (including phenoxy) is 1. The molecule has 1 heterocycles. The van der Waals surface area contributed by atoms with E-state index < -0.39 is 5.60 Å². The number of hydrogen-bond donors (Lipinski definition) is 1. The maximum Gasteiger partial charge on any atom is 0.137 e. The zero-order valence-corrected chi connectivity index (χ0v) is 16.5. The van der Waals surface area contributed by atoms with Crippen molar-refractivity contribution >= 4 is 11.6 Å². The van der Waals surface area contributed by atoms with Crippen LogP contribution in [-0.4, -0.2) is 38.2 Å². The molecular weight excluding hydrogens is 350 g/mol. The fraction of sp³-hybridized carbons (Fsp3) is 0.600. The Kier molecular flexibility index (Phi) is 5.70. The van der Waals surface area contributed by atoms with Gasteiger partial charge in [-0.1, -0.05) is 30.7 Å². The smallest absolute Gasteiger partial charge is 0.137 e. The normalized spacial score (nSPS) is 28.8. The van der Waals surface area contributed by atoms with Crippen molar-refractivity contribution in [1.29, 1.82) is 0 Å². The molecule has 26 heavy (non-hydrogen) atoms. The van der Waals surface area contributed by atoms with Gasteiger partial charge in [-0.05, 0) is 56.7 Å². The summed E-state index contributed by atoms with van der Waals surface area (Å²) in [5.74, 6) is 0.119. The summed E-state index contributed by atoms with van der Waals surface area (Å²) in [6, 6.07) is 7.89. The number of halogens is 1. The molecule has 0 saturated heterocycles. The highest BCUT2D eigenvalue weighted by Gasteiger charge is 2.57.